The molecule has 0 radical (unpaired) electrons. The van der Waals surface area contributed by atoms with Crippen LogP contribution in [-0.2, 0) is 6.42 Å². The van der Waals surface area contributed by atoms with Crippen LogP contribution in [0.25, 0.3) is 12.2 Å². The van der Waals surface area contributed by atoms with Gasteiger partial charge in [-0.05, 0) is 60.4 Å². The molecule has 1 fully saturated rings. The molecule has 2 heterocycles. The molecule has 3 aromatic rings. The Kier molecular flexibility index (Phi) is 5.34. The first kappa shape index (κ1) is 17.9. The molecule has 0 atom stereocenters. The van der Waals surface area contributed by atoms with E-state index in [9.17, 15) is 4.39 Å². The molecule has 0 spiro atoms. The van der Waals surface area contributed by atoms with Gasteiger partial charge in [-0.2, -0.15) is 0 Å². The number of halogens is 2. The Morgan fingerprint density at radius 2 is 1.93 bits per heavy atom. The summed E-state index contributed by atoms with van der Waals surface area (Å²) in [5, 5.41) is 8.21. The lowest BCUT2D eigenvalue weighted by Gasteiger charge is -2.20. The number of nitrogens with zero attached hydrogens (tertiary/aromatic N) is 3. The van der Waals surface area contributed by atoms with Crippen LogP contribution in [0.4, 0.5) is 10.1 Å². The number of anilines is 1. The predicted octanol–water partition coefficient (Wildman–Crippen LogP) is 5.33. The summed E-state index contributed by atoms with van der Waals surface area (Å²) in [6.07, 6.45) is 6.55. The highest BCUT2D eigenvalue weighted by atomic mass is 79.9. The van der Waals surface area contributed by atoms with E-state index >= 15 is 0 Å². The second-order valence-electron chi connectivity index (χ2n) is 6.57. The molecule has 6 heteroatoms. The number of aromatic nitrogens is 2. The van der Waals surface area contributed by atoms with Gasteiger partial charge in [0, 0.05) is 29.3 Å². The molecule has 0 bridgehead atoms. The summed E-state index contributed by atoms with van der Waals surface area (Å²) in [5.74, 6) is 0.784. The third-order valence-electron chi connectivity index (χ3n) is 4.57. The van der Waals surface area contributed by atoms with Crippen molar-refractivity contribution in [3.63, 3.8) is 0 Å². The molecule has 1 aromatic heterocycles. The van der Waals surface area contributed by atoms with E-state index in [2.05, 4.69) is 31.0 Å². The molecule has 138 valence electrons. The summed E-state index contributed by atoms with van der Waals surface area (Å²) < 4.78 is 20.5. The Morgan fingerprint density at radius 1 is 1.07 bits per heavy atom. The maximum Gasteiger partial charge on any atom is 0.240 e. The summed E-state index contributed by atoms with van der Waals surface area (Å²) in [7, 11) is 0. The topological polar surface area (TPSA) is 42.2 Å². The van der Waals surface area contributed by atoms with E-state index in [-0.39, 0.29) is 5.82 Å². The Labute approximate surface area is 165 Å². The van der Waals surface area contributed by atoms with Gasteiger partial charge < -0.3 is 9.32 Å². The molecule has 0 aliphatic carbocycles. The maximum atomic E-state index is 13.7. The smallest absolute Gasteiger partial charge is 0.240 e. The standard InChI is InChI=1S/C21H19BrFN3O/c22-17-5-3-4-15(12-17)13-21-25-24-20(27-21)9-7-16-6-8-18(23)14-19(16)26-10-1-2-11-26/h3-9,12,14H,1-2,10-11,13H2/b9-7+. The zero-order chi connectivity index (χ0) is 18.6. The Bertz CT molecular complexity index is 964. The molecule has 2 aromatic carbocycles. The fourth-order valence-electron chi connectivity index (χ4n) is 3.28. The second kappa shape index (κ2) is 8.05. The fourth-order valence-corrected chi connectivity index (χ4v) is 3.72. The molecule has 1 aliphatic heterocycles. The Balaban J connectivity index is 1.51. The molecule has 1 saturated heterocycles. The lowest BCUT2D eigenvalue weighted by Crippen LogP contribution is -2.18. The molecule has 0 saturated carbocycles. The van der Waals surface area contributed by atoms with E-state index in [0.717, 1.165) is 47.2 Å². The van der Waals surface area contributed by atoms with Crippen molar-refractivity contribution in [2.45, 2.75) is 19.3 Å². The van der Waals surface area contributed by atoms with Gasteiger partial charge in [-0.25, -0.2) is 4.39 Å². The second-order valence-corrected chi connectivity index (χ2v) is 7.49. The van der Waals surface area contributed by atoms with Crippen molar-refractivity contribution in [1.29, 1.82) is 0 Å². The van der Waals surface area contributed by atoms with Gasteiger partial charge in [-0.3, -0.25) is 0 Å². The zero-order valence-electron chi connectivity index (χ0n) is 14.7. The molecule has 1 aliphatic rings. The highest BCUT2D eigenvalue weighted by molar-refractivity contribution is 9.10. The minimum Gasteiger partial charge on any atom is -0.421 e. The van der Waals surface area contributed by atoms with Crippen LogP contribution in [0.5, 0.6) is 0 Å². The van der Waals surface area contributed by atoms with Crippen molar-refractivity contribution in [3.05, 3.63) is 75.7 Å². The number of benzene rings is 2. The van der Waals surface area contributed by atoms with E-state index in [1.54, 1.807) is 18.2 Å². The van der Waals surface area contributed by atoms with E-state index < -0.39 is 0 Å². The van der Waals surface area contributed by atoms with Crippen LogP contribution in [0.2, 0.25) is 0 Å². The van der Waals surface area contributed by atoms with E-state index in [1.165, 1.54) is 6.07 Å². The van der Waals surface area contributed by atoms with Crippen molar-refractivity contribution in [2.75, 3.05) is 18.0 Å². The van der Waals surface area contributed by atoms with Gasteiger partial charge in [-0.15, -0.1) is 10.2 Å². The van der Waals surface area contributed by atoms with Gasteiger partial charge in [0.2, 0.25) is 11.8 Å². The first-order chi connectivity index (χ1) is 13.2. The SMILES string of the molecule is Fc1ccc(/C=C/c2nnc(Cc3cccc(Br)c3)o2)c(N2CCCC2)c1. The predicted molar refractivity (Wildman–Crippen MR) is 108 cm³/mol. The lowest BCUT2D eigenvalue weighted by atomic mass is 10.1. The van der Waals surface area contributed by atoms with Crippen LogP contribution < -0.4 is 4.90 Å². The van der Waals surface area contributed by atoms with Gasteiger partial charge in [0.05, 0.1) is 6.42 Å². The molecular formula is C21H19BrFN3O. The van der Waals surface area contributed by atoms with Crippen molar-refractivity contribution >= 4 is 33.8 Å². The van der Waals surface area contributed by atoms with E-state index in [4.69, 9.17) is 4.42 Å². The molecule has 4 rings (SSSR count). The van der Waals surface area contributed by atoms with Gasteiger partial charge in [0.15, 0.2) is 0 Å². The zero-order valence-corrected chi connectivity index (χ0v) is 16.3. The Morgan fingerprint density at radius 3 is 2.74 bits per heavy atom. The summed E-state index contributed by atoms with van der Waals surface area (Å²) in [6, 6.07) is 12.9. The molecule has 0 N–H and O–H groups in total. The van der Waals surface area contributed by atoms with Crippen molar-refractivity contribution < 1.29 is 8.81 Å². The van der Waals surface area contributed by atoms with Crippen molar-refractivity contribution in [3.8, 4) is 0 Å². The normalized spacial score (nSPS) is 14.4. The third-order valence-corrected chi connectivity index (χ3v) is 5.06. The monoisotopic (exact) mass is 427 g/mol. The molecule has 27 heavy (non-hydrogen) atoms. The van der Waals surface area contributed by atoms with Crippen LogP contribution in [0.3, 0.4) is 0 Å². The van der Waals surface area contributed by atoms with Crippen LogP contribution in [0.15, 0.2) is 51.4 Å². The van der Waals surface area contributed by atoms with E-state index in [0.29, 0.717) is 18.2 Å². The lowest BCUT2D eigenvalue weighted by molar-refractivity contribution is 0.496. The quantitative estimate of drug-likeness (QED) is 0.551. The third kappa shape index (κ3) is 4.45. The number of rotatable bonds is 5. The average molecular weight is 428 g/mol. The average Bonchev–Trinajstić information content (AvgIpc) is 3.33. The van der Waals surface area contributed by atoms with Crippen LogP contribution in [0.1, 0.15) is 35.7 Å². The van der Waals surface area contributed by atoms with Gasteiger partial charge >= 0.3 is 0 Å². The first-order valence-corrected chi connectivity index (χ1v) is 9.76. The molecule has 0 amide bonds. The highest BCUT2D eigenvalue weighted by Crippen LogP contribution is 2.27. The minimum atomic E-state index is -0.219. The van der Waals surface area contributed by atoms with Gasteiger partial charge in [-0.1, -0.05) is 28.1 Å². The number of hydrogen-bond donors (Lipinski definition) is 0. The van der Waals surface area contributed by atoms with E-state index in [1.807, 2.05) is 30.3 Å². The molecule has 0 unspecified atom stereocenters. The highest BCUT2D eigenvalue weighted by Gasteiger charge is 2.15. The van der Waals surface area contributed by atoms with Crippen LogP contribution >= 0.6 is 15.9 Å². The summed E-state index contributed by atoms with van der Waals surface area (Å²) in [6.45, 7) is 1.92. The first-order valence-electron chi connectivity index (χ1n) is 8.97. The van der Waals surface area contributed by atoms with Crippen LogP contribution in [-0.4, -0.2) is 23.3 Å². The van der Waals surface area contributed by atoms with Gasteiger partial charge in [0.1, 0.15) is 5.82 Å². The van der Waals surface area contributed by atoms with Crippen molar-refractivity contribution in [1.82, 2.24) is 10.2 Å². The fraction of sp³-hybridized carbons (Fsp3) is 0.238. The molecular weight excluding hydrogens is 409 g/mol. The maximum absolute atomic E-state index is 13.7. The minimum absolute atomic E-state index is 0.219. The molecule has 4 nitrogen and oxygen atoms in total. The summed E-state index contributed by atoms with van der Waals surface area (Å²) >= 11 is 3.46. The summed E-state index contributed by atoms with van der Waals surface area (Å²) in [5.41, 5.74) is 2.96. The largest absolute Gasteiger partial charge is 0.421 e. The van der Waals surface area contributed by atoms with Crippen molar-refractivity contribution in [2.24, 2.45) is 0 Å². The van der Waals surface area contributed by atoms with Gasteiger partial charge in [0.25, 0.3) is 0 Å². The summed E-state index contributed by atoms with van der Waals surface area (Å²) in [4.78, 5) is 2.22. The Hall–Kier alpha value is -2.47. The van der Waals surface area contributed by atoms with Crippen LogP contribution in [0, 0.1) is 5.82 Å². The number of hydrogen-bond acceptors (Lipinski definition) is 4.